The first-order valence-corrected chi connectivity index (χ1v) is 11.3. The lowest BCUT2D eigenvalue weighted by molar-refractivity contribution is -0.150. The van der Waals surface area contributed by atoms with Crippen LogP contribution in [0.25, 0.3) is 0 Å². The summed E-state index contributed by atoms with van der Waals surface area (Å²) in [4.78, 5) is 55.0. The van der Waals surface area contributed by atoms with Crippen LogP contribution in [0.4, 0.5) is 9.93 Å². The molecule has 3 heterocycles. The van der Waals surface area contributed by atoms with E-state index in [4.69, 9.17) is 15.6 Å². The molecule has 1 fully saturated rings. The maximum absolute atomic E-state index is 12.7. The highest BCUT2D eigenvalue weighted by molar-refractivity contribution is 8.00. The number of likely N-dealkylation sites (N-methyl/N-ethyl adjacent to an activating group) is 1. The lowest BCUT2D eigenvalue weighted by atomic mass is 10.0. The predicted molar refractivity (Wildman–Crippen MR) is 116 cm³/mol. The minimum absolute atomic E-state index is 0.0267. The van der Waals surface area contributed by atoms with Crippen molar-refractivity contribution in [1.82, 2.24) is 20.1 Å². The molecule has 2 atom stereocenters. The number of carboxylic acid groups (broad SMARTS) is 1. The number of thiazole rings is 1. The third-order valence-electron chi connectivity index (χ3n) is 4.73. The first-order valence-electron chi connectivity index (χ1n) is 9.32. The zero-order chi connectivity index (χ0) is 24.3. The molecule has 0 bridgehead atoms. The van der Waals surface area contributed by atoms with Gasteiger partial charge in [0.15, 0.2) is 10.8 Å². The van der Waals surface area contributed by atoms with Crippen molar-refractivity contribution in [2.45, 2.75) is 11.4 Å². The number of aliphatic hydroxyl groups is 1. The Bertz CT molecular complexity index is 1040. The van der Waals surface area contributed by atoms with Gasteiger partial charge in [0.25, 0.3) is 11.8 Å². The number of nitrogen functional groups attached to an aromatic ring is 1. The van der Waals surface area contributed by atoms with E-state index in [0.717, 1.165) is 21.1 Å². The van der Waals surface area contributed by atoms with Gasteiger partial charge >= 0.3 is 12.1 Å². The highest BCUT2D eigenvalue weighted by Gasteiger charge is 2.54. The Kier molecular flexibility index (Phi) is 7.39. The summed E-state index contributed by atoms with van der Waals surface area (Å²) in [5.74, 6) is -2.82. The maximum Gasteiger partial charge on any atom is 0.409 e. The molecular weight excluding hydrogens is 480 g/mol. The number of β-lactam (4-membered cyclic amide) rings is 1. The van der Waals surface area contributed by atoms with Gasteiger partial charge in [0.05, 0.1) is 6.61 Å². The highest BCUT2D eigenvalue weighted by Crippen LogP contribution is 2.40. The molecule has 16 heteroatoms. The molecule has 2 aliphatic heterocycles. The van der Waals surface area contributed by atoms with Gasteiger partial charge in [-0.05, 0) is 0 Å². The molecule has 3 rings (SSSR count). The number of carbonyl (C=O) groups excluding carboxylic acids is 3. The number of aliphatic hydroxyl groups excluding tert-OH is 1. The first kappa shape index (κ1) is 24.3. The van der Waals surface area contributed by atoms with E-state index in [-0.39, 0.29) is 47.6 Å². The van der Waals surface area contributed by atoms with E-state index < -0.39 is 41.0 Å². The maximum atomic E-state index is 12.7. The van der Waals surface area contributed by atoms with Crippen molar-refractivity contribution in [3.05, 3.63) is 22.3 Å². The predicted octanol–water partition coefficient (Wildman–Crippen LogP) is -1.30. The molecule has 0 radical (unpaired) electrons. The summed E-state index contributed by atoms with van der Waals surface area (Å²) in [6, 6.07) is -1.07. The van der Waals surface area contributed by atoms with Crippen molar-refractivity contribution in [3.63, 3.8) is 0 Å². The standard InChI is InChI=1S/C17H20N6O8S2/c1-22(2-3-24)17(29)31-4-7-5-32-14-10(13(26)23(14)11(7)15(27)28)20-12(25)9(21-30)8-6-33-16(18)19-8/h6,10,14,24,30H,2-5H2,1H3,(H2,18,19)(H,20,25)(H,27,28)/b21-9-/t10?,14-/m1/s1. The van der Waals surface area contributed by atoms with Crippen LogP contribution in [0.2, 0.25) is 0 Å². The van der Waals surface area contributed by atoms with E-state index >= 15 is 0 Å². The van der Waals surface area contributed by atoms with Gasteiger partial charge in [-0.25, -0.2) is 14.6 Å². The van der Waals surface area contributed by atoms with Crippen LogP contribution in [0.3, 0.4) is 0 Å². The number of thioether (sulfide) groups is 1. The number of nitrogens with two attached hydrogens (primary N) is 1. The van der Waals surface area contributed by atoms with Crippen molar-refractivity contribution >= 4 is 57.8 Å². The SMILES string of the molecule is CN(CCO)C(=O)OCC1=C(C(=O)O)N2C(=O)C(NC(=O)/C(=N\O)c3csc(N)n3)[C@H]2SC1. The molecule has 1 aromatic rings. The molecule has 0 saturated carbocycles. The summed E-state index contributed by atoms with van der Waals surface area (Å²) in [6.07, 6.45) is -0.757. The zero-order valence-electron chi connectivity index (χ0n) is 17.1. The molecule has 3 amide bonds. The number of rotatable bonds is 8. The number of hydrogen-bond acceptors (Lipinski definition) is 12. The average molecular weight is 501 g/mol. The second-order valence-corrected chi connectivity index (χ2v) is 8.83. The third kappa shape index (κ3) is 4.86. The van der Waals surface area contributed by atoms with Crippen LogP contribution in [0, 0.1) is 0 Å². The fourth-order valence-corrected chi connectivity index (χ4v) is 4.99. The number of ether oxygens (including phenoxy) is 1. The molecule has 0 aliphatic carbocycles. The van der Waals surface area contributed by atoms with Gasteiger partial charge in [0.1, 0.15) is 29.4 Å². The van der Waals surface area contributed by atoms with E-state index in [1.807, 2.05) is 0 Å². The minimum atomic E-state index is -1.39. The molecule has 14 nitrogen and oxygen atoms in total. The summed E-state index contributed by atoms with van der Waals surface area (Å²) in [7, 11) is 1.41. The van der Waals surface area contributed by atoms with Gasteiger partial charge in [-0.3, -0.25) is 14.5 Å². The summed E-state index contributed by atoms with van der Waals surface area (Å²) in [5, 5.41) is 33.9. The van der Waals surface area contributed by atoms with Crippen molar-refractivity contribution in [1.29, 1.82) is 0 Å². The lowest BCUT2D eigenvalue weighted by Crippen LogP contribution is -2.71. The van der Waals surface area contributed by atoms with E-state index in [9.17, 15) is 29.5 Å². The Morgan fingerprint density at radius 2 is 2.18 bits per heavy atom. The van der Waals surface area contributed by atoms with Gasteiger partial charge in [-0.15, -0.1) is 23.1 Å². The monoisotopic (exact) mass is 500 g/mol. The summed E-state index contributed by atoms with van der Waals surface area (Å²) in [5.41, 5.74) is 4.99. The number of hydrogen-bond donors (Lipinski definition) is 5. The second kappa shape index (κ2) is 10.1. The number of carbonyl (C=O) groups is 4. The Balaban J connectivity index is 1.71. The van der Waals surface area contributed by atoms with E-state index in [0.29, 0.717) is 0 Å². The Morgan fingerprint density at radius 1 is 1.45 bits per heavy atom. The highest BCUT2D eigenvalue weighted by atomic mass is 32.2. The lowest BCUT2D eigenvalue weighted by Gasteiger charge is -2.49. The van der Waals surface area contributed by atoms with Crippen LogP contribution in [0.15, 0.2) is 21.8 Å². The number of aliphatic carboxylic acids is 1. The minimum Gasteiger partial charge on any atom is -0.477 e. The van der Waals surface area contributed by atoms with Gasteiger partial charge in [-0.2, -0.15) is 0 Å². The number of anilines is 1. The number of oxime groups is 1. The van der Waals surface area contributed by atoms with Crippen molar-refractivity contribution in [3.8, 4) is 0 Å². The molecule has 2 aliphatic rings. The molecule has 1 saturated heterocycles. The van der Waals surface area contributed by atoms with Gasteiger partial charge in [0.2, 0.25) is 0 Å². The molecule has 1 unspecified atom stereocenters. The number of amides is 3. The van der Waals surface area contributed by atoms with Gasteiger partial charge < -0.3 is 36.1 Å². The average Bonchev–Trinajstić information content (AvgIpc) is 3.21. The number of nitrogens with zero attached hydrogens (tertiary/aromatic N) is 4. The van der Waals surface area contributed by atoms with Crippen LogP contribution in [0.1, 0.15) is 5.69 Å². The topological polar surface area (TPSA) is 208 Å². The quantitative estimate of drug-likeness (QED) is 0.123. The Hall–Kier alpha value is -3.37. The largest absolute Gasteiger partial charge is 0.477 e. The smallest absolute Gasteiger partial charge is 0.409 e. The summed E-state index contributed by atoms with van der Waals surface area (Å²) >= 11 is 2.20. The first-order chi connectivity index (χ1) is 15.7. The fourth-order valence-electron chi connectivity index (χ4n) is 3.11. The van der Waals surface area contributed by atoms with E-state index in [1.165, 1.54) is 24.2 Å². The number of carboxylic acids is 1. The van der Waals surface area contributed by atoms with Crippen LogP contribution >= 0.6 is 23.1 Å². The van der Waals surface area contributed by atoms with Crippen LogP contribution in [-0.4, -0.2) is 104 Å². The zero-order valence-corrected chi connectivity index (χ0v) is 18.8. The number of nitrogens with one attached hydrogen (secondary N) is 1. The molecule has 6 N–H and O–H groups in total. The molecule has 0 aromatic carbocycles. The summed E-state index contributed by atoms with van der Waals surface area (Å²) in [6.45, 7) is -0.581. The Morgan fingerprint density at radius 3 is 2.76 bits per heavy atom. The molecule has 178 valence electrons. The molecule has 33 heavy (non-hydrogen) atoms. The molecule has 0 spiro atoms. The van der Waals surface area contributed by atoms with Gasteiger partial charge in [-0.1, -0.05) is 5.16 Å². The van der Waals surface area contributed by atoms with Crippen LogP contribution in [0.5, 0.6) is 0 Å². The van der Waals surface area contributed by atoms with E-state index in [1.54, 1.807) is 0 Å². The second-order valence-electron chi connectivity index (χ2n) is 6.84. The van der Waals surface area contributed by atoms with Crippen molar-refractivity contribution in [2.24, 2.45) is 5.16 Å². The van der Waals surface area contributed by atoms with Crippen molar-refractivity contribution in [2.75, 3.05) is 38.3 Å². The van der Waals surface area contributed by atoms with Crippen molar-refractivity contribution < 1.29 is 39.3 Å². The van der Waals surface area contributed by atoms with Gasteiger partial charge in [0, 0.05) is 30.3 Å². The normalized spacial score (nSPS) is 20.1. The van der Waals surface area contributed by atoms with Crippen LogP contribution < -0.4 is 11.1 Å². The van der Waals surface area contributed by atoms with Crippen LogP contribution in [-0.2, 0) is 19.1 Å². The summed E-state index contributed by atoms with van der Waals surface area (Å²) < 4.78 is 5.08. The number of fused-ring (bicyclic) bond motifs is 1. The number of aromatic nitrogens is 1. The third-order valence-corrected chi connectivity index (χ3v) is 6.75. The van der Waals surface area contributed by atoms with E-state index in [2.05, 4.69) is 15.5 Å². The fraction of sp³-hybridized carbons (Fsp3) is 0.412. The Labute approximate surface area is 194 Å². The molecule has 1 aromatic heterocycles. The molecular formula is C17H20N6O8S2.